The molecule has 0 aromatic heterocycles. The number of rotatable bonds is 5. The van der Waals surface area contributed by atoms with E-state index < -0.39 is 0 Å². The fourth-order valence-electron chi connectivity index (χ4n) is 10.6. The van der Waals surface area contributed by atoms with Crippen molar-refractivity contribution in [2.75, 3.05) is 6.61 Å². The van der Waals surface area contributed by atoms with Crippen LogP contribution in [0.4, 0.5) is 0 Å². The van der Waals surface area contributed by atoms with Crippen LogP contribution in [0.25, 0.3) is 0 Å². The van der Waals surface area contributed by atoms with Gasteiger partial charge in [0.15, 0.2) is 0 Å². The molecule has 0 amide bonds. The summed E-state index contributed by atoms with van der Waals surface area (Å²) in [5.41, 5.74) is 2.64. The summed E-state index contributed by atoms with van der Waals surface area (Å²) in [6.45, 7) is 18.6. The number of oxime groups is 1. The molecule has 2 nitrogen and oxygen atoms in total. The molecule has 9 atom stereocenters. The van der Waals surface area contributed by atoms with E-state index >= 15 is 0 Å². The largest absolute Gasteiger partial charge is 0.395 e. The van der Waals surface area contributed by atoms with E-state index in [1.54, 1.807) is 0 Å². The second-order valence-corrected chi connectivity index (χ2v) is 13.9. The molecule has 0 bridgehead atoms. The summed E-state index contributed by atoms with van der Waals surface area (Å²) in [5.74, 6) is 6.90. The summed E-state index contributed by atoms with van der Waals surface area (Å²) in [7, 11) is 0. The van der Waals surface area contributed by atoms with E-state index in [0.717, 1.165) is 48.0 Å². The highest BCUT2D eigenvalue weighted by Crippen LogP contribution is 2.72. The minimum Gasteiger partial charge on any atom is -0.395 e. The highest BCUT2D eigenvalue weighted by atomic mass is 16.6. The molecule has 1 heterocycles. The zero-order valence-corrected chi connectivity index (χ0v) is 21.5. The molecule has 31 heavy (non-hydrogen) atoms. The molecule has 0 spiro atoms. The van der Waals surface area contributed by atoms with Crippen molar-refractivity contribution >= 4 is 5.71 Å². The lowest BCUT2D eigenvalue weighted by Crippen LogP contribution is -2.54. The summed E-state index contributed by atoms with van der Waals surface area (Å²) in [6, 6.07) is 0. The maximum absolute atomic E-state index is 5.74. The van der Waals surface area contributed by atoms with Crippen molar-refractivity contribution in [3.8, 4) is 0 Å². The molecule has 0 aromatic carbocycles. The third-order valence-corrected chi connectivity index (χ3v) is 12.0. The Hall–Kier alpha value is -0.530. The molecule has 0 N–H and O–H groups in total. The van der Waals surface area contributed by atoms with Gasteiger partial charge >= 0.3 is 0 Å². The lowest BCUT2D eigenvalue weighted by atomic mass is 9.45. The van der Waals surface area contributed by atoms with Crippen LogP contribution in [0, 0.1) is 63.6 Å². The molecular formula is C29H49NO. The molecule has 5 rings (SSSR count). The molecule has 5 aliphatic rings. The van der Waals surface area contributed by atoms with Gasteiger partial charge in [-0.25, -0.2) is 0 Å². The van der Waals surface area contributed by atoms with Gasteiger partial charge in [0, 0.05) is 11.3 Å². The second-order valence-electron chi connectivity index (χ2n) is 13.9. The molecule has 1 aliphatic heterocycles. The standard InChI is InChI=1S/C29H49NO/c1-18(2)9-8-10-19(3)21-12-13-22-20-11-14-25-27(4,5)26-24(17-31-30-26)29(25,7)23(20)15-16-28(21,22)6/h18-25H,8-17H2,1-7H3/t19-,20+,21-,22+,23+,24-,25+,28-,29+/m1/s1. The zero-order chi connectivity index (χ0) is 22.2. The molecule has 0 unspecified atom stereocenters. The van der Waals surface area contributed by atoms with E-state index in [9.17, 15) is 0 Å². The average Bonchev–Trinajstić information content (AvgIpc) is 3.36. The van der Waals surface area contributed by atoms with Gasteiger partial charge in [-0.2, -0.15) is 0 Å². The lowest BCUT2D eigenvalue weighted by Gasteiger charge is -2.59. The van der Waals surface area contributed by atoms with Gasteiger partial charge in [0.25, 0.3) is 0 Å². The SMILES string of the molecule is CC(C)CCC[C@@H](C)[C@H]1CC[C@H]2[C@@H]3CC[C@H]4C(C)(C)C5=NOC[C@H]5[C@]4(C)[C@H]3CC[C@]12C. The van der Waals surface area contributed by atoms with Gasteiger partial charge in [0.05, 0.1) is 5.71 Å². The van der Waals surface area contributed by atoms with Gasteiger partial charge in [-0.1, -0.05) is 72.9 Å². The Morgan fingerprint density at radius 2 is 1.71 bits per heavy atom. The van der Waals surface area contributed by atoms with Crippen molar-refractivity contribution in [2.24, 2.45) is 68.7 Å². The zero-order valence-electron chi connectivity index (χ0n) is 21.5. The van der Waals surface area contributed by atoms with Crippen molar-refractivity contribution in [1.82, 2.24) is 0 Å². The minimum absolute atomic E-state index is 0.227. The first kappa shape index (κ1) is 22.3. The van der Waals surface area contributed by atoms with Crippen LogP contribution in [0.5, 0.6) is 0 Å². The molecule has 4 saturated carbocycles. The third kappa shape index (κ3) is 3.04. The molecule has 2 heteroatoms. The van der Waals surface area contributed by atoms with E-state index in [-0.39, 0.29) is 5.41 Å². The molecule has 4 aliphatic carbocycles. The lowest BCUT2D eigenvalue weighted by molar-refractivity contribution is -0.122. The van der Waals surface area contributed by atoms with Gasteiger partial charge in [0.2, 0.25) is 0 Å². The van der Waals surface area contributed by atoms with E-state index in [4.69, 9.17) is 4.84 Å². The van der Waals surface area contributed by atoms with Crippen LogP contribution in [0.3, 0.4) is 0 Å². The van der Waals surface area contributed by atoms with Crippen molar-refractivity contribution in [3.63, 3.8) is 0 Å². The Kier molecular flexibility index (Phi) is 5.38. The Morgan fingerprint density at radius 1 is 0.935 bits per heavy atom. The van der Waals surface area contributed by atoms with Crippen LogP contribution in [0.2, 0.25) is 0 Å². The number of hydrogen-bond donors (Lipinski definition) is 0. The van der Waals surface area contributed by atoms with Crippen molar-refractivity contribution in [2.45, 2.75) is 106 Å². The molecule has 0 saturated heterocycles. The summed E-state index contributed by atoms with van der Waals surface area (Å²) in [4.78, 5) is 5.74. The maximum atomic E-state index is 5.74. The number of hydrogen-bond acceptors (Lipinski definition) is 2. The maximum Gasteiger partial charge on any atom is 0.125 e. The average molecular weight is 428 g/mol. The van der Waals surface area contributed by atoms with E-state index in [2.05, 4.69) is 53.6 Å². The summed E-state index contributed by atoms with van der Waals surface area (Å²) in [6.07, 6.45) is 13.1. The summed E-state index contributed by atoms with van der Waals surface area (Å²) in [5, 5.41) is 4.63. The molecule has 176 valence electrons. The van der Waals surface area contributed by atoms with Crippen molar-refractivity contribution in [1.29, 1.82) is 0 Å². The van der Waals surface area contributed by atoms with Crippen LogP contribution >= 0.6 is 0 Å². The summed E-state index contributed by atoms with van der Waals surface area (Å²) >= 11 is 0. The van der Waals surface area contributed by atoms with E-state index in [1.807, 2.05) is 0 Å². The third-order valence-electron chi connectivity index (χ3n) is 12.0. The fraction of sp³-hybridized carbons (Fsp3) is 0.966. The van der Waals surface area contributed by atoms with Gasteiger partial charge in [-0.3, -0.25) is 0 Å². The Morgan fingerprint density at radius 3 is 2.45 bits per heavy atom. The van der Waals surface area contributed by atoms with Gasteiger partial charge in [-0.05, 0) is 90.8 Å². The molecule has 0 aromatic rings. The number of nitrogens with zero attached hydrogens (tertiary/aromatic N) is 1. The van der Waals surface area contributed by atoms with E-state index in [1.165, 1.54) is 63.5 Å². The Labute approximate surface area is 192 Å². The molecule has 0 radical (unpaired) electrons. The first-order valence-corrected chi connectivity index (χ1v) is 13.8. The van der Waals surface area contributed by atoms with Crippen LogP contribution in [-0.2, 0) is 4.84 Å². The second kappa shape index (κ2) is 7.49. The van der Waals surface area contributed by atoms with Crippen molar-refractivity contribution in [3.05, 3.63) is 0 Å². The van der Waals surface area contributed by atoms with Crippen LogP contribution < -0.4 is 0 Å². The van der Waals surface area contributed by atoms with Gasteiger partial charge < -0.3 is 4.84 Å². The molecule has 4 fully saturated rings. The monoisotopic (exact) mass is 427 g/mol. The Bertz CT molecular complexity index is 724. The van der Waals surface area contributed by atoms with E-state index in [0.29, 0.717) is 16.7 Å². The van der Waals surface area contributed by atoms with Gasteiger partial charge in [0.1, 0.15) is 6.61 Å². The normalized spacial score (nSPS) is 48.5. The van der Waals surface area contributed by atoms with Gasteiger partial charge in [-0.15, -0.1) is 0 Å². The number of fused-ring (bicyclic) bond motifs is 7. The van der Waals surface area contributed by atoms with Crippen LogP contribution in [0.15, 0.2) is 5.16 Å². The van der Waals surface area contributed by atoms with Crippen LogP contribution in [0.1, 0.15) is 106 Å². The van der Waals surface area contributed by atoms with Crippen LogP contribution in [-0.4, -0.2) is 12.3 Å². The first-order chi connectivity index (χ1) is 14.6. The smallest absolute Gasteiger partial charge is 0.125 e. The highest BCUT2D eigenvalue weighted by Gasteiger charge is 2.69. The predicted octanol–water partition coefficient (Wildman–Crippen LogP) is 7.97. The topological polar surface area (TPSA) is 21.6 Å². The summed E-state index contributed by atoms with van der Waals surface area (Å²) < 4.78 is 0. The minimum atomic E-state index is 0.227. The fourth-order valence-corrected chi connectivity index (χ4v) is 10.6. The van der Waals surface area contributed by atoms with Crippen molar-refractivity contribution < 1.29 is 4.84 Å². The first-order valence-electron chi connectivity index (χ1n) is 13.8. The highest BCUT2D eigenvalue weighted by molar-refractivity contribution is 5.95. The predicted molar refractivity (Wildman–Crippen MR) is 130 cm³/mol. The molecular weight excluding hydrogens is 378 g/mol. The quantitative estimate of drug-likeness (QED) is 0.436. The Balaban J connectivity index is 1.37.